The van der Waals surface area contributed by atoms with Crippen molar-refractivity contribution in [3.05, 3.63) is 4.88 Å². The number of nitrogens with zero attached hydrogens (tertiary/aromatic N) is 2. The molecule has 0 saturated carbocycles. The van der Waals surface area contributed by atoms with Gasteiger partial charge in [0.05, 0.1) is 0 Å². The van der Waals surface area contributed by atoms with Gasteiger partial charge >= 0.3 is 6.03 Å². The van der Waals surface area contributed by atoms with Crippen molar-refractivity contribution in [2.24, 2.45) is 0 Å². The first-order valence-electron chi connectivity index (χ1n) is 6.69. The normalized spacial score (nSPS) is 10.0. The van der Waals surface area contributed by atoms with E-state index in [0.717, 1.165) is 13.0 Å². The number of anilines is 2. The summed E-state index contributed by atoms with van der Waals surface area (Å²) in [5.74, 6) is -0.0675. The molecule has 0 atom stereocenters. The van der Waals surface area contributed by atoms with Crippen LogP contribution < -0.4 is 21.7 Å². The zero-order chi connectivity index (χ0) is 15.8. The van der Waals surface area contributed by atoms with Gasteiger partial charge in [-0.25, -0.2) is 9.78 Å². The minimum absolute atomic E-state index is 0.201. The molecule has 1 aromatic heterocycles. The van der Waals surface area contributed by atoms with Crippen LogP contribution in [-0.4, -0.2) is 55.6 Å². The molecule has 0 radical (unpaired) electrons. The van der Waals surface area contributed by atoms with Crippen LogP contribution in [0.1, 0.15) is 23.0 Å². The van der Waals surface area contributed by atoms with Crippen molar-refractivity contribution in [1.82, 2.24) is 20.5 Å². The van der Waals surface area contributed by atoms with E-state index in [4.69, 9.17) is 5.73 Å². The fraction of sp³-hybridized carbons (Fsp3) is 0.583. The molecule has 1 heterocycles. The first-order valence-corrected chi connectivity index (χ1v) is 7.50. The number of nitrogens with one attached hydrogen (secondary N) is 3. The van der Waals surface area contributed by atoms with E-state index in [-0.39, 0.29) is 17.8 Å². The van der Waals surface area contributed by atoms with Gasteiger partial charge in [0.2, 0.25) is 0 Å². The highest BCUT2D eigenvalue weighted by atomic mass is 32.1. The molecular weight excluding hydrogens is 292 g/mol. The zero-order valence-electron chi connectivity index (χ0n) is 12.5. The largest absolute Gasteiger partial charge is 0.382 e. The number of hydrogen-bond donors (Lipinski definition) is 4. The number of nitrogen functional groups attached to an aromatic ring is 1. The van der Waals surface area contributed by atoms with Gasteiger partial charge in [0.15, 0.2) is 5.13 Å². The summed E-state index contributed by atoms with van der Waals surface area (Å²) in [5, 5.41) is 9.08. The molecule has 1 aromatic rings. The highest BCUT2D eigenvalue weighted by Gasteiger charge is 2.15. The Kier molecular flexibility index (Phi) is 6.73. The number of rotatable bonds is 7. The summed E-state index contributed by atoms with van der Waals surface area (Å²) in [4.78, 5) is 29.1. The summed E-state index contributed by atoms with van der Waals surface area (Å²) >= 11 is 1.22. The van der Waals surface area contributed by atoms with Crippen LogP contribution in [0.25, 0.3) is 0 Å². The van der Waals surface area contributed by atoms with Crippen molar-refractivity contribution in [1.29, 1.82) is 0 Å². The summed E-state index contributed by atoms with van der Waals surface area (Å²) < 4.78 is 0. The van der Waals surface area contributed by atoms with E-state index in [0.29, 0.717) is 23.1 Å². The highest BCUT2D eigenvalue weighted by molar-refractivity contribution is 7.18. The van der Waals surface area contributed by atoms with Gasteiger partial charge in [-0.3, -0.25) is 4.79 Å². The predicted octanol–water partition coefficient (Wildman–Crippen LogP) is 0.548. The van der Waals surface area contributed by atoms with E-state index < -0.39 is 0 Å². The van der Waals surface area contributed by atoms with Crippen molar-refractivity contribution in [2.75, 3.05) is 44.8 Å². The molecule has 0 spiro atoms. The molecule has 5 N–H and O–H groups in total. The van der Waals surface area contributed by atoms with Crippen molar-refractivity contribution in [3.8, 4) is 0 Å². The van der Waals surface area contributed by atoms with Crippen LogP contribution >= 0.6 is 11.3 Å². The number of carbonyl (C=O) groups excluding carboxylic acids is 2. The molecule has 0 aliphatic heterocycles. The van der Waals surface area contributed by atoms with Crippen molar-refractivity contribution < 1.29 is 9.59 Å². The standard InChI is InChI=1S/C12H22N6O2S/c1-4-5-15-11-17-9(13)8(21-11)10(19)14-6-7-16-12(20)18(2)3/h4-7,13H2,1-3H3,(H,14,19)(H,15,17)(H,16,20). The highest BCUT2D eigenvalue weighted by Crippen LogP contribution is 2.24. The summed E-state index contributed by atoms with van der Waals surface area (Å²) in [7, 11) is 3.30. The second-order valence-electron chi connectivity index (χ2n) is 4.54. The van der Waals surface area contributed by atoms with Gasteiger partial charge in [-0.15, -0.1) is 0 Å². The quantitative estimate of drug-likeness (QED) is 0.549. The zero-order valence-corrected chi connectivity index (χ0v) is 13.3. The van der Waals surface area contributed by atoms with Crippen LogP contribution in [-0.2, 0) is 0 Å². The first-order chi connectivity index (χ1) is 9.95. The number of carbonyl (C=O) groups is 2. The molecule has 0 fully saturated rings. The molecule has 0 aliphatic carbocycles. The predicted molar refractivity (Wildman–Crippen MR) is 84.7 cm³/mol. The van der Waals surface area contributed by atoms with Gasteiger partial charge in [-0.2, -0.15) is 0 Å². The number of amides is 3. The molecule has 8 nitrogen and oxygen atoms in total. The van der Waals surface area contributed by atoms with Crippen LogP contribution in [0.2, 0.25) is 0 Å². The summed E-state index contributed by atoms with van der Waals surface area (Å²) in [6.45, 7) is 3.50. The SMILES string of the molecule is CCCNc1nc(N)c(C(=O)NCCNC(=O)N(C)C)s1. The Morgan fingerprint density at radius 2 is 1.90 bits per heavy atom. The van der Waals surface area contributed by atoms with E-state index >= 15 is 0 Å². The second-order valence-corrected chi connectivity index (χ2v) is 5.54. The Morgan fingerprint density at radius 1 is 1.24 bits per heavy atom. The topological polar surface area (TPSA) is 112 Å². The molecular formula is C12H22N6O2S. The van der Waals surface area contributed by atoms with Gasteiger partial charge in [0, 0.05) is 33.7 Å². The molecule has 1 rings (SSSR count). The lowest BCUT2D eigenvalue weighted by molar-refractivity contribution is 0.0958. The number of urea groups is 1. The van der Waals surface area contributed by atoms with Crippen LogP contribution in [0, 0.1) is 0 Å². The summed E-state index contributed by atoms with van der Waals surface area (Å²) in [5.41, 5.74) is 5.73. The Balaban J connectivity index is 2.41. The molecule has 118 valence electrons. The average molecular weight is 314 g/mol. The number of hydrogen-bond acceptors (Lipinski definition) is 6. The lowest BCUT2D eigenvalue weighted by Gasteiger charge is -2.11. The average Bonchev–Trinajstić information content (AvgIpc) is 2.81. The third-order valence-electron chi connectivity index (χ3n) is 2.48. The molecule has 0 aliphatic rings. The maximum atomic E-state index is 12.0. The third kappa shape index (κ3) is 5.46. The number of aromatic nitrogens is 1. The fourth-order valence-electron chi connectivity index (χ4n) is 1.39. The van der Waals surface area contributed by atoms with E-state index in [1.54, 1.807) is 14.1 Å². The molecule has 0 unspecified atom stereocenters. The van der Waals surface area contributed by atoms with Crippen molar-refractivity contribution in [3.63, 3.8) is 0 Å². The minimum atomic E-state index is -0.284. The third-order valence-corrected chi connectivity index (χ3v) is 3.51. The van der Waals surface area contributed by atoms with E-state index in [2.05, 4.69) is 20.9 Å². The lowest BCUT2D eigenvalue weighted by Crippen LogP contribution is -2.39. The van der Waals surface area contributed by atoms with Crippen LogP contribution in [0.5, 0.6) is 0 Å². The Hall–Kier alpha value is -2.03. The van der Waals surface area contributed by atoms with Gasteiger partial charge in [-0.05, 0) is 6.42 Å². The second kappa shape index (κ2) is 8.30. The fourth-order valence-corrected chi connectivity index (χ4v) is 2.21. The van der Waals surface area contributed by atoms with Gasteiger partial charge in [0.25, 0.3) is 5.91 Å². The van der Waals surface area contributed by atoms with Crippen molar-refractivity contribution in [2.45, 2.75) is 13.3 Å². The monoisotopic (exact) mass is 314 g/mol. The molecule has 9 heteroatoms. The maximum absolute atomic E-state index is 12.0. The molecule has 0 aromatic carbocycles. The smallest absolute Gasteiger partial charge is 0.316 e. The summed E-state index contributed by atoms with van der Waals surface area (Å²) in [6, 6.07) is -0.201. The van der Waals surface area contributed by atoms with Crippen LogP contribution in [0.15, 0.2) is 0 Å². The van der Waals surface area contributed by atoms with Gasteiger partial charge in [-0.1, -0.05) is 18.3 Å². The lowest BCUT2D eigenvalue weighted by atomic mass is 10.4. The Bertz CT molecular complexity index is 488. The Morgan fingerprint density at radius 3 is 2.52 bits per heavy atom. The number of nitrogens with two attached hydrogens (primary N) is 1. The van der Waals surface area contributed by atoms with Gasteiger partial charge in [0.1, 0.15) is 10.7 Å². The van der Waals surface area contributed by atoms with Crippen LogP contribution in [0.3, 0.4) is 0 Å². The van der Waals surface area contributed by atoms with E-state index in [1.807, 2.05) is 6.92 Å². The molecule has 3 amide bonds. The van der Waals surface area contributed by atoms with Crippen LogP contribution in [0.4, 0.5) is 15.7 Å². The molecule has 0 saturated heterocycles. The van der Waals surface area contributed by atoms with E-state index in [9.17, 15) is 9.59 Å². The minimum Gasteiger partial charge on any atom is -0.382 e. The van der Waals surface area contributed by atoms with E-state index in [1.165, 1.54) is 16.2 Å². The number of thiazole rings is 1. The maximum Gasteiger partial charge on any atom is 0.316 e. The van der Waals surface area contributed by atoms with Gasteiger partial charge < -0.3 is 26.6 Å². The summed E-state index contributed by atoms with van der Waals surface area (Å²) in [6.07, 6.45) is 0.965. The Labute approximate surface area is 128 Å². The first kappa shape index (κ1) is 17.0. The molecule has 21 heavy (non-hydrogen) atoms. The molecule has 0 bridgehead atoms. The van der Waals surface area contributed by atoms with Crippen molar-refractivity contribution >= 4 is 34.2 Å².